The van der Waals surface area contributed by atoms with Crippen LogP contribution in [0.5, 0.6) is 0 Å². The molecule has 1 saturated heterocycles. The molecular weight excluding hydrogens is 342 g/mol. The van der Waals surface area contributed by atoms with Crippen LogP contribution < -0.4 is 11.1 Å². The third-order valence-corrected chi connectivity index (χ3v) is 3.90. The number of halogens is 1. The summed E-state index contributed by atoms with van der Waals surface area (Å²) in [5.41, 5.74) is 7.20. The molecule has 0 aromatic heterocycles. The highest BCUT2D eigenvalue weighted by Crippen LogP contribution is 2.15. The summed E-state index contributed by atoms with van der Waals surface area (Å²) >= 11 is 0. The minimum Gasteiger partial charge on any atom is -0.372 e. The van der Waals surface area contributed by atoms with Crippen molar-refractivity contribution < 1.29 is 14.3 Å². The zero-order valence-corrected chi connectivity index (χ0v) is 15.8. The van der Waals surface area contributed by atoms with Crippen molar-refractivity contribution in [2.75, 3.05) is 13.1 Å². The summed E-state index contributed by atoms with van der Waals surface area (Å²) in [5.74, 6) is -0.0500. The molecule has 0 bridgehead atoms. The van der Waals surface area contributed by atoms with Gasteiger partial charge >= 0.3 is 0 Å². The first kappa shape index (κ1) is 21.4. The average Bonchev–Trinajstić information content (AvgIpc) is 2.51. The summed E-state index contributed by atoms with van der Waals surface area (Å²) < 4.78 is 5.66. The number of morpholine rings is 1. The lowest BCUT2D eigenvalue weighted by Gasteiger charge is -2.35. The van der Waals surface area contributed by atoms with Crippen LogP contribution in [0.1, 0.15) is 43.1 Å². The van der Waals surface area contributed by atoms with Crippen LogP contribution in [0.4, 0.5) is 0 Å². The van der Waals surface area contributed by atoms with E-state index in [1.54, 1.807) is 19.1 Å². The maximum atomic E-state index is 12.6. The van der Waals surface area contributed by atoms with Crippen LogP contribution >= 0.6 is 12.4 Å². The molecule has 0 saturated carbocycles. The molecule has 140 valence electrons. The van der Waals surface area contributed by atoms with Crippen molar-refractivity contribution in [3.63, 3.8) is 0 Å². The van der Waals surface area contributed by atoms with Gasteiger partial charge in [0.1, 0.15) is 0 Å². The fourth-order valence-electron chi connectivity index (χ4n) is 2.86. The molecule has 0 aliphatic carbocycles. The van der Waals surface area contributed by atoms with Crippen molar-refractivity contribution in [3.8, 4) is 0 Å². The van der Waals surface area contributed by atoms with E-state index in [4.69, 9.17) is 10.5 Å². The second kappa shape index (κ2) is 9.75. The van der Waals surface area contributed by atoms with E-state index in [2.05, 4.69) is 5.32 Å². The van der Waals surface area contributed by atoms with Gasteiger partial charge in [0.05, 0.1) is 12.2 Å². The Balaban J connectivity index is 0.00000312. The summed E-state index contributed by atoms with van der Waals surface area (Å²) in [6.45, 7) is 7.41. The van der Waals surface area contributed by atoms with E-state index < -0.39 is 0 Å². The predicted molar refractivity (Wildman–Crippen MR) is 99.7 cm³/mol. The highest BCUT2D eigenvalue weighted by atomic mass is 35.5. The molecule has 3 atom stereocenters. The van der Waals surface area contributed by atoms with Crippen LogP contribution in [0, 0.1) is 0 Å². The molecule has 1 aliphatic heterocycles. The highest BCUT2D eigenvalue weighted by molar-refractivity contribution is 5.94. The Labute approximate surface area is 155 Å². The van der Waals surface area contributed by atoms with Gasteiger partial charge in [-0.25, -0.2) is 0 Å². The number of carbonyl (C=O) groups is 2. The molecular formula is C18H28ClN3O3. The van der Waals surface area contributed by atoms with Crippen LogP contribution in [0.2, 0.25) is 0 Å². The van der Waals surface area contributed by atoms with Gasteiger partial charge in [0.15, 0.2) is 0 Å². The highest BCUT2D eigenvalue weighted by Gasteiger charge is 2.26. The van der Waals surface area contributed by atoms with Crippen LogP contribution in [0.25, 0.3) is 0 Å². The van der Waals surface area contributed by atoms with E-state index in [1.165, 1.54) is 0 Å². The largest absolute Gasteiger partial charge is 0.372 e. The number of benzene rings is 1. The lowest BCUT2D eigenvalue weighted by Crippen LogP contribution is -2.48. The minimum atomic E-state index is -0.150. The molecule has 1 aliphatic rings. The van der Waals surface area contributed by atoms with Crippen molar-refractivity contribution in [3.05, 3.63) is 35.4 Å². The van der Waals surface area contributed by atoms with Gasteiger partial charge in [0, 0.05) is 37.7 Å². The zero-order chi connectivity index (χ0) is 17.7. The van der Waals surface area contributed by atoms with Crippen LogP contribution in [0.3, 0.4) is 0 Å². The topological polar surface area (TPSA) is 84.7 Å². The molecule has 0 radical (unpaired) electrons. The zero-order valence-electron chi connectivity index (χ0n) is 15.0. The second-order valence-electron chi connectivity index (χ2n) is 6.62. The van der Waals surface area contributed by atoms with Crippen molar-refractivity contribution in [2.45, 2.75) is 52.0 Å². The first-order valence-electron chi connectivity index (χ1n) is 8.41. The Morgan fingerprint density at radius 2 is 1.80 bits per heavy atom. The Bertz CT molecular complexity index is 567. The summed E-state index contributed by atoms with van der Waals surface area (Å²) in [6, 6.07) is 7.20. The lowest BCUT2D eigenvalue weighted by molar-refractivity contribution is -0.121. The Morgan fingerprint density at radius 1 is 1.24 bits per heavy atom. The van der Waals surface area contributed by atoms with E-state index in [-0.39, 0.29) is 42.5 Å². The lowest BCUT2D eigenvalue weighted by atomic mass is 10.1. The molecule has 7 heteroatoms. The Kier molecular flexibility index (Phi) is 8.35. The van der Waals surface area contributed by atoms with E-state index in [9.17, 15) is 9.59 Å². The summed E-state index contributed by atoms with van der Waals surface area (Å²) in [6.07, 6.45) is 0.415. The van der Waals surface area contributed by atoms with E-state index in [0.717, 1.165) is 5.56 Å². The molecule has 1 heterocycles. The van der Waals surface area contributed by atoms with Crippen LogP contribution in [0.15, 0.2) is 24.3 Å². The predicted octanol–water partition coefficient (Wildman–Crippen LogP) is 1.71. The minimum absolute atomic E-state index is 0. The van der Waals surface area contributed by atoms with E-state index >= 15 is 0 Å². The second-order valence-corrected chi connectivity index (χ2v) is 6.62. The molecule has 6 nitrogen and oxygen atoms in total. The van der Waals surface area contributed by atoms with Crippen molar-refractivity contribution in [1.82, 2.24) is 10.2 Å². The third-order valence-electron chi connectivity index (χ3n) is 3.90. The quantitative estimate of drug-likeness (QED) is 0.827. The molecule has 25 heavy (non-hydrogen) atoms. The normalized spacial score (nSPS) is 21.2. The fraction of sp³-hybridized carbons (Fsp3) is 0.556. The van der Waals surface area contributed by atoms with Crippen molar-refractivity contribution >= 4 is 24.2 Å². The van der Waals surface area contributed by atoms with E-state index in [0.29, 0.717) is 31.6 Å². The van der Waals surface area contributed by atoms with Gasteiger partial charge in [0.25, 0.3) is 5.91 Å². The molecule has 0 spiro atoms. The molecule has 2 rings (SSSR count). The fourth-order valence-corrected chi connectivity index (χ4v) is 2.86. The number of amides is 2. The Morgan fingerprint density at radius 3 is 2.32 bits per heavy atom. The van der Waals surface area contributed by atoms with Gasteiger partial charge < -0.3 is 20.7 Å². The van der Waals surface area contributed by atoms with Crippen molar-refractivity contribution in [1.29, 1.82) is 0 Å². The van der Waals surface area contributed by atoms with Gasteiger partial charge in [-0.05, 0) is 38.5 Å². The van der Waals surface area contributed by atoms with E-state index in [1.807, 2.05) is 30.9 Å². The summed E-state index contributed by atoms with van der Waals surface area (Å²) in [4.78, 5) is 26.0. The number of nitrogens with one attached hydrogen (secondary N) is 1. The summed E-state index contributed by atoms with van der Waals surface area (Å²) in [7, 11) is 0. The van der Waals surface area contributed by atoms with Gasteiger partial charge in [-0.3, -0.25) is 9.59 Å². The maximum absolute atomic E-state index is 12.6. The smallest absolute Gasteiger partial charge is 0.254 e. The number of nitrogens with two attached hydrogens (primary N) is 1. The molecule has 3 N–H and O–H groups in total. The van der Waals surface area contributed by atoms with Gasteiger partial charge in [0.2, 0.25) is 5.91 Å². The molecule has 2 amide bonds. The molecule has 1 fully saturated rings. The molecule has 3 unspecified atom stereocenters. The van der Waals surface area contributed by atoms with Gasteiger partial charge in [-0.2, -0.15) is 0 Å². The number of carbonyl (C=O) groups excluding carboxylic acids is 2. The first-order valence-corrected chi connectivity index (χ1v) is 8.41. The van der Waals surface area contributed by atoms with Gasteiger partial charge in [-0.1, -0.05) is 12.1 Å². The number of rotatable bonds is 5. The molecule has 1 aromatic carbocycles. The Hall–Kier alpha value is -1.63. The standard InChI is InChI=1S/C18H27N3O3.ClH/c1-12(19)8-17(22)20-9-15-4-6-16(7-5-15)18(23)21-10-13(2)24-14(3)11-21;/h4-7,12-14H,8-11,19H2,1-3H3,(H,20,22);1H. The van der Waals surface area contributed by atoms with Crippen molar-refractivity contribution in [2.24, 2.45) is 5.73 Å². The summed E-state index contributed by atoms with van der Waals surface area (Å²) in [5, 5.41) is 2.82. The number of hydrogen-bond donors (Lipinski definition) is 2. The van der Waals surface area contributed by atoms with Gasteiger partial charge in [-0.15, -0.1) is 12.4 Å². The van der Waals surface area contributed by atoms with Crippen LogP contribution in [-0.2, 0) is 16.1 Å². The SMILES string of the molecule is CC(N)CC(=O)NCc1ccc(C(=O)N2CC(C)OC(C)C2)cc1.Cl. The maximum Gasteiger partial charge on any atom is 0.254 e. The third kappa shape index (κ3) is 6.65. The molecule has 1 aromatic rings. The monoisotopic (exact) mass is 369 g/mol. The number of nitrogens with zero attached hydrogens (tertiary/aromatic N) is 1. The average molecular weight is 370 g/mol. The number of ether oxygens (including phenoxy) is 1. The first-order chi connectivity index (χ1) is 11.3. The number of hydrogen-bond acceptors (Lipinski definition) is 4. The van der Waals surface area contributed by atoms with Crippen LogP contribution in [-0.4, -0.2) is 48.1 Å².